The molecule has 0 spiro atoms. The molecule has 8 heteroatoms. The molecule has 2 heterocycles. The normalized spacial score (nSPS) is 18.8. The smallest absolute Gasteiger partial charge is 0.312 e. The lowest BCUT2D eigenvalue weighted by molar-refractivity contribution is -0.386. The Kier molecular flexibility index (Phi) is 5.70. The summed E-state index contributed by atoms with van der Waals surface area (Å²) in [6.07, 6.45) is 2.49. The highest BCUT2D eigenvalue weighted by molar-refractivity contribution is 5.75. The van der Waals surface area contributed by atoms with E-state index in [0.29, 0.717) is 17.9 Å². The highest BCUT2D eigenvalue weighted by Crippen LogP contribution is 2.21. The number of piperidine rings is 1. The third-order valence-corrected chi connectivity index (χ3v) is 4.31. The van der Waals surface area contributed by atoms with Gasteiger partial charge in [0.25, 0.3) is 0 Å². The SMILES string of the molecule is Cc1nn(CC(=O)NCCN2CCCC(C)C2)c(C)c1[N+](=O)[O-]. The molecule has 0 bridgehead atoms. The Labute approximate surface area is 136 Å². The molecule has 0 aliphatic carbocycles. The summed E-state index contributed by atoms with van der Waals surface area (Å²) in [5.41, 5.74) is 0.732. The van der Waals surface area contributed by atoms with Crippen molar-refractivity contribution in [3.8, 4) is 0 Å². The number of hydrogen-bond acceptors (Lipinski definition) is 5. The maximum Gasteiger partial charge on any atom is 0.312 e. The first-order valence-corrected chi connectivity index (χ1v) is 8.06. The molecule has 0 aromatic carbocycles. The fourth-order valence-corrected chi connectivity index (χ4v) is 3.14. The van der Waals surface area contributed by atoms with Crippen LogP contribution in [0.5, 0.6) is 0 Å². The van der Waals surface area contributed by atoms with Gasteiger partial charge in [-0.1, -0.05) is 6.92 Å². The minimum atomic E-state index is -0.455. The van der Waals surface area contributed by atoms with Gasteiger partial charge >= 0.3 is 5.69 Å². The Hall–Kier alpha value is -1.96. The summed E-state index contributed by atoms with van der Waals surface area (Å²) in [4.78, 5) is 24.9. The summed E-state index contributed by atoms with van der Waals surface area (Å²) in [5, 5.41) is 17.9. The van der Waals surface area contributed by atoms with Crippen molar-refractivity contribution in [3.63, 3.8) is 0 Å². The van der Waals surface area contributed by atoms with Crippen LogP contribution in [0.3, 0.4) is 0 Å². The van der Waals surface area contributed by atoms with Gasteiger partial charge in [-0.2, -0.15) is 5.10 Å². The summed E-state index contributed by atoms with van der Waals surface area (Å²) >= 11 is 0. The molecule has 8 nitrogen and oxygen atoms in total. The number of nitro groups is 1. The van der Waals surface area contributed by atoms with Crippen LogP contribution >= 0.6 is 0 Å². The Bertz CT molecular complexity index is 584. The van der Waals surface area contributed by atoms with Crippen molar-refractivity contribution in [2.24, 2.45) is 5.92 Å². The van der Waals surface area contributed by atoms with E-state index in [9.17, 15) is 14.9 Å². The molecule has 1 fully saturated rings. The van der Waals surface area contributed by atoms with Crippen molar-refractivity contribution in [3.05, 3.63) is 21.5 Å². The zero-order valence-corrected chi connectivity index (χ0v) is 14.0. The summed E-state index contributed by atoms with van der Waals surface area (Å²) in [6.45, 7) is 9.05. The van der Waals surface area contributed by atoms with Crippen LogP contribution < -0.4 is 5.32 Å². The molecule has 1 aliphatic heterocycles. The molecule has 23 heavy (non-hydrogen) atoms. The van der Waals surface area contributed by atoms with Gasteiger partial charge in [-0.25, -0.2) is 0 Å². The number of carbonyl (C=O) groups is 1. The number of nitrogens with zero attached hydrogens (tertiary/aromatic N) is 4. The first-order chi connectivity index (χ1) is 10.9. The topological polar surface area (TPSA) is 93.3 Å². The number of hydrogen-bond donors (Lipinski definition) is 1. The predicted molar refractivity (Wildman–Crippen MR) is 86.2 cm³/mol. The van der Waals surface area contributed by atoms with E-state index in [1.54, 1.807) is 13.8 Å². The van der Waals surface area contributed by atoms with E-state index in [1.165, 1.54) is 17.5 Å². The van der Waals surface area contributed by atoms with Crippen LogP contribution in [0, 0.1) is 29.9 Å². The zero-order chi connectivity index (χ0) is 17.0. The average Bonchev–Trinajstić information content (AvgIpc) is 2.73. The van der Waals surface area contributed by atoms with Crippen molar-refractivity contribution in [1.29, 1.82) is 0 Å². The summed E-state index contributed by atoms with van der Waals surface area (Å²) in [5.74, 6) is 0.547. The number of carbonyl (C=O) groups excluding carboxylic acids is 1. The van der Waals surface area contributed by atoms with E-state index >= 15 is 0 Å². The molecule has 1 amide bonds. The van der Waals surface area contributed by atoms with E-state index in [2.05, 4.69) is 22.2 Å². The second-order valence-corrected chi connectivity index (χ2v) is 6.33. The summed E-state index contributed by atoms with van der Waals surface area (Å²) in [7, 11) is 0. The molecular formula is C15H25N5O3. The predicted octanol–water partition coefficient (Wildman–Crippen LogP) is 1.26. The van der Waals surface area contributed by atoms with E-state index < -0.39 is 4.92 Å². The van der Waals surface area contributed by atoms with Crippen molar-refractivity contribution >= 4 is 11.6 Å². The van der Waals surface area contributed by atoms with Crippen molar-refractivity contribution in [2.45, 2.75) is 40.2 Å². The van der Waals surface area contributed by atoms with Gasteiger partial charge in [0.1, 0.15) is 17.9 Å². The lowest BCUT2D eigenvalue weighted by Gasteiger charge is -2.30. The lowest BCUT2D eigenvalue weighted by atomic mass is 10.0. The van der Waals surface area contributed by atoms with Gasteiger partial charge in [0.05, 0.1) is 4.92 Å². The molecule has 0 radical (unpaired) electrons. The fraction of sp³-hybridized carbons (Fsp3) is 0.733. The molecule has 0 saturated carbocycles. The standard InChI is InChI=1S/C15H25N5O3/c1-11-5-4-7-18(9-11)8-6-16-14(21)10-19-13(3)15(20(22)23)12(2)17-19/h11H,4-10H2,1-3H3,(H,16,21). The van der Waals surface area contributed by atoms with Gasteiger partial charge in [-0.15, -0.1) is 0 Å². The Morgan fingerprint density at radius 1 is 1.48 bits per heavy atom. The first kappa shape index (κ1) is 17.4. The summed E-state index contributed by atoms with van der Waals surface area (Å²) < 4.78 is 1.39. The molecule has 1 aromatic rings. The minimum Gasteiger partial charge on any atom is -0.353 e. The van der Waals surface area contributed by atoms with Crippen molar-refractivity contribution < 1.29 is 9.72 Å². The van der Waals surface area contributed by atoms with Crippen LogP contribution in [-0.4, -0.2) is 51.7 Å². The second kappa shape index (κ2) is 7.54. The molecular weight excluding hydrogens is 298 g/mol. The van der Waals surface area contributed by atoms with Crippen LogP contribution in [0.15, 0.2) is 0 Å². The van der Waals surface area contributed by atoms with Gasteiger partial charge in [0.2, 0.25) is 5.91 Å². The quantitative estimate of drug-likeness (QED) is 0.628. The fourth-order valence-electron chi connectivity index (χ4n) is 3.14. The maximum atomic E-state index is 12.0. The van der Waals surface area contributed by atoms with E-state index in [1.807, 2.05) is 0 Å². The van der Waals surface area contributed by atoms with E-state index in [0.717, 1.165) is 25.6 Å². The highest BCUT2D eigenvalue weighted by Gasteiger charge is 2.22. The van der Waals surface area contributed by atoms with Crippen LogP contribution in [0.25, 0.3) is 0 Å². The highest BCUT2D eigenvalue weighted by atomic mass is 16.6. The number of aromatic nitrogens is 2. The molecule has 2 rings (SSSR count). The van der Waals surface area contributed by atoms with Gasteiger partial charge in [-0.05, 0) is 39.2 Å². The maximum absolute atomic E-state index is 12.0. The molecule has 1 unspecified atom stereocenters. The van der Waals surface area contributed by atoms with E-state index in [4.69, 9.17) is 0 Å². The monoisotopic (exact) mass is 323 g/mol. The van der Waals surface area contributed by atoms with Crippen LogP contribution in [0.2, 0.25) is 0 Å². The zero-order valence-electron chi connectivity index (χ0n) is 14.0. The van der Waals surface area contributed by atoms with Gasteiger partial charge in [-0.3, -0.25) is 19.6 Å². The van der Waals surface area contributed by atoms with Crippen molar-refractivity contribution in [1.82, 2.24) is 20.0 Å². The first-order valence-electron chi connectivity index (χ1n) is 8.06. The molecule has 1 saturated heterocycles. The van der Waals surface area contributed by atoms with Crippen LogP contribution in [-0.2, 0) is 11.3 Å². The summed E-state index contributed by atoms with van der Waals surface area (Å²) in [6, 6.07) is 0. The number of rotatable bonds is 6. The van der Waals surface area contributed by atoms with Gasteiger partial charge < -0.3 is 10.2 Å². The average molecular weight is 323 g/mol. The van der Waals surface area contributed by atoms with Crippen LogP contribution in [0.4, 0.5) is 5.69 Å². The number of likely N-dealkylation sites (tertiary alicyclic amines) is 1. The lowest BCUT2D eigenvalue weighted by Crippen LogP contribution is -2.40. The third-order valence-electron chi connectivity index (χ3n) is 4.31. The molecule has 1 atom stereocenters. The van der Waals surface area contributed by atoms with Gasteiger partial charge in [0, 0.05) is 19.6 Å². The molecule has 1 aromatic heterocycles. The second-order valence-electron chi connectivity index (χ2n) is 6.33. The van der Waals surface area contributed by atoms with Gasteiger partial charge in [0.15, 0.2) is 0 Å². The number of amides is 1. The van der Waals surface area contributed by atoms with E-state index in [-0.39, 0.29) is 18.1 Å². The number of nitrogens with one attached hydrogen (secondary N) is 1. The largest absolute Gasteiger partial charge is 0.353 e. The minimum absolute atomic E-state index is 0.0108. The van der Waals surface area contributed by atoms with Crippen molar-refractivity contribution in [2.75, 3.05) is 26.2 Å². The Morgan fingerprint density at radius 2 is 2.22 bits per heavy atom. The molecule has 1 aliphatic rings. The Balaban J connectivity index is 1.81. The molecule has 128 valence electrons. The Morgan fingerprint density at radius 3 is 2.83 bits per heavy atom. The third kappa shape index (κ3) is 4.51. The van der Waals surface area contributed by atoms with Crippen LogP contribution in [0.1, 0.15) is 31.2 Å². The number of aryl methyl sites for hydroxylation is 1. The molecule has 1 N–H and O–H groups in total.